The van der Waals surface area contributed by atoms with E-state index >= 15 is 0 Å². The van der Waals surface area contributed by atoms with E-state index in [1.807, 2.05) is 18.2 Å². The van der Waals surface area contributed by atoms with Crippen LogP contribution in [-0.4, -0.2) is 16.0 Å². The number of anilines is 2. The molecule has 2 N–H and O–H groups in total. The van der Waals surface area contributed by atoms with Crippen LogP contribution in [0.25, 0.3) is 10.9 Å². The zero-order valence-corrected chi connectivity index (χ0v) is 12.4. The van der Waals surface area contributed by atoms with Gasteiger partial charge in [-0.2, -0.15) is 11.3 Å². The Morgan fingerprint density at radius 1 is 1.24 bits per heavy atom. The normalized spacial score (nSPS) is 14.5. The minimum Gasteiger partial charge on any atom is -0.399 e. The molecule has 0 amide bonds. The Morgan fingerprint density at radius 2 is 2.14 bits per heavy atom. The van der Waals surface area contributed by atoms with Gasteiger partial charge >= 0.3 is 0 Å². The molecule has 3 aromatic rings. The van der Waals surface area contributed by atoms with Crippen LogP contribution in [0, 0.1) is 0 Å². The first-order chi connectivity index (χ1) is 10.3. The summed E-state index contributed by atoms with van der Waals surface area (Å²) in [5, 5.41) is 5.41. The van der Waals surface area contributed by atoms with Crippen LogP contribution in [0.5, 0.6) is 0 Å². The van der Waals surface area contributed by atoms with E-state index in [4.69, 9.17) is 5.73 Å². The van der Waals surface area contributed by atoms with E-state index < -0.39 is 0 Å². The number of rotatable bonds is 4. The van der Waals surface area contributed by atoms with Gasteiger partial charge in [0.15, 0.2) is 0 Å². The number of benzene rings is 1. The Labute approximate surface area is 127 Å². The van der Waals surface area contributed by atoms with E-state index in [0.29, 0.717) is 6.04 Å². The zero-order chi connectivity index (χ0) is 14.2. The first kappa shape index (κ1) is 12.6. The smallest absolute Gasteiger partial charge is 0.140 e. The number of aromatic nitrogens is 2. The van der Waals surface area contributed by atoms with Gasteiger partial charge in [-0.05, 0) is 53.4 Å². The van der Waals surface area contributed by atoms with E-state index in [0.717, 1.165) is 29.0 Å². The molecule has 0 saturated heterocycles. The number of hydrogen-bond donors (Lipinski definition) is 1. The van der Waals surface area contributed by atoms with Crippen molar-refractivity contribution in [3.05, 3.63) is 46.9 Å². The Balaban J connectivity index is 1.78. The first-order valence-corrected chi connectivity index (χ1v) is 8.03. The summed E-state index contributed by atoms with van der Waals surface area (Å²) in [6.45, 7) is 0.907. The van der Waals surface area contributed by atoms with Gasteiger partial charge in [0, 0.05) is 23.7 Å². The molecule has 4 rings (SSSR count). The van der Waals surface area contributed by atoms with E-state index in [1.54, 1.807) is 17.7 Å². The van der Waals surface area contributed by atoms with Crippen LogP contribution in [0.4, 0.5) is 11.5 Å². The van der Waals surface area contributed by atoms with Crippen LogP contribution in [-0.2, 0) is 6.54 Å². The van der Waals surface area contributed by atoms with Gasteiger partial charge < -0.3 is 10.6 Å². The molecule has 0 aliphatic heterocycles. The quantitative estimate of drug-likeness (QED) is 0.749. The fraction of sp³-hybridized carbons (Fsp3) is 0.250. The number of nitrogens with two attached hydrogens (primary N) is 1. The standard InChI is InChI=1S/C16H16N4S/c17-12-1-4-14-15(7-12)18-10-19-16(14)20(13-2-3-13)8-11-5-6-21-9-11/h1,4-7,9-10,13H,2-3,8,17H2. The van der Waals surface area contributed by atoms with Crippen molar-refractivity contribution < 1.29 is 0 Å². The molecule has 1 saturated carbocycles. The van der Waals surface area contributed by atoms with Crippen molar-refractivity contribution in [3.8, 4) is 0 Å². The third-order valence-corrected chi connectivity index (χ3v) is 4.56. The molecule has 1 aromatic carbocycles. The molecular formula is C16H16N4S. The molecule has 0 atom stereocenters. The molecule has 21 heavy (non-hydrogen) atoms. The summed E-state index contributed by atoms with van der Waals surface area (Å²) in [7, 11) is 0. The number of thiophene rings is 1. The van der Waals surface area contributed by atoms with Gasteiger partial charge in [-0.15, -0.1) is 0 Å². The fourth-order valence-corrected chi connectivity index (χ4v) is 3.29. The van der Waals surface area contributed by atoms with Crippen molar-refractivity contribution in [1.29, 1.82) is 0 Å². The lowest BCUT2D eigenvalue weighted by Gasteiger charge is -2.24. The summed E-state index contributed by atoms with van der Waals surface area (Å²) in [6, 6.07) is 8.64. The molecular weight excluding hydrogens is 280 g/mol. The second kappa shape index (κ2) is 5.00. The maximum atomic E-state index is 5.86. The molecule has 4 nitrogen and oxygen atoms in total. The molecule has 2 heterocycles. The molecule has 0 radical (unpaired) electrons. The van der Waals surface area contributed by atoms with Crippen molar-refractivity contribution in [3.63, 3.8) is 0 Å². The number of hydrogen-bond acceptors (Lipinski definition) is 5. The summed E-state index contributed by atoms with van der Waals surface area (Å²) < 4.78 is 0. The lowest BCUT2D eigenvalue weighted by atomic mass is 10.2. The fourth-order valence-electron chi connectivity index (χ4n) is 2.63. The molecule has 1 aliphatic rings. The van der Waals surface area contributed by atoms with Crippen LogP contribution in [0.3, 0.4) is 0 Å². The van der Waals surface area contributed by atoms with Crippen LogP contribution in [0.15, 0.2) is 41.4 Å². The molecule has 1 fully saturated rings. The van der Waals surface area contributed by atoms with E-state index in [9.17, 15) is 0 Å². The first-order valence-electron chi connectivity index (χ1n) is 7.09. The zero-order valence-electron chi connectivity index (χ0n) is 11.6. The minimum absolute atomic E-state index is 0.598. The van der Waals surface area contributed by atoms with Gasteiger partial charge in [0.1, 0.15) is 12.1 Å². The van der Waals surface area contributed by atoms with Crippen LogP contribution in [0.1, 0.15) is 18.4 Å². The molecule has 0 bridgehead atoms. The predicted molar refractivity (Wildman–Crippen MR) is 87.5 cm³/mol. The van der Waals surface area contributed by atoms with E-state index in [2.05, 4.69) is 31.7 Å². The van der Waals surface area contributed by atoms with E-state index in [-0.39, 0.29) is 0 Å². The maximum absolute atomic E-state index is 5.86. The highest BCUT2D eigenvalue weighted by Gasteiger charge is 2.31. The Hall–Kier alpha value is -2.14. The van der Waals surface area contributed by atoms with Gasteiger partial charge in [0.25, 0.3) is 0 Å². The third kappa shape index (κ3) is 2.45. The second-order valence-electron chi connectivity index (χ2n) is 5.46. The second-order valence-corrected chi connectivity index (χ2v) is 6.24. The van der Waals surface area contributed by atoms with Gasteiger partial charge in [0.05, 0.1) is 5.52 Å². The summed E-state index contributed by atoms with van der Waals surface area (Å²) in [4.78, 5) is 11.3. The molecule has 2 aromatic heterocycles. The van der Waals surface area contributed by atoms with Crippen molar-refractivity contribution in [2.24, 2.45) is 0 Å². The lowest BCUT2D eigenvalue weighted by Crippen LogP contribution is -2.26. The molecule has 1 aliphatic carbocycles. The molecule has 0 spiro atoms. The molecule has 0 unspecified atom stereocenters. The Kier molecular flexibility index (Phi) is 3.00. The van der Waals surface area contributed by atoms with E-state index in [1.165, 1.54) is 18.4 Å². The lowest BCUT2D eigenvalue weighted by molar-refractivity contribution is 0.783. The largest absolute Gasteiger partial charge is 0.399 e. The van der Waals surface area contributed by atoms with Gasteiger partial charge in [-0.3, -0.25) is 0 Å². The number of nitrogens with zero attached hydrogens (tertiary/aromatic N) is 3. The molecule has 5 heteroatoms. The minimum atomic E-state index is 0.598. The summed E-state index contributed by atoms with van der Waals surface area (Å²) in [5.74, 6) is 1.02. The van der Waals surface area contributed by atoms with Crippen molar-refractivity contribution in [1.82, 2.24) is 9.97 Å². The van der Waals surface area contributed by atoms with Crippen molar-refractivity contribution in [2.75, 3.05) is 10.6 Å². The average molecular weight is 296 g/mol. The van der Waals surface area contributed by atoms with Crippen LogP contribution in [0.2, 0.25) is 0 Å². The highest BCUT2D eigenvalue weighted by atomic mass is 32.1. The van der Waals surface area contributed by atoms with Gasteiger partial charge in [-0.1, -0.05) is 0 Å². The van der Waals surface area contributed by atoms with Gasteiger partial charge in [-0.25, -0.2) is 9.97 Å². The Bertz CT molecular complexity index is 765. The van der Waals surface area contributed by atoms with Crippen molar-refractivity contribution >= 4 is 33.7 Å². The number of fused-ring (bicyclic) bond motifs is 1. The third-order valence-electron chi connectivity index (χ3n) is 3.83. The Morgan fingerprint density at radius 3 is 2.90 bits per heavy atom. The van der Waals surface area contributed by atoms with Crippen LogP contribution >= 0.6 is 11.3 Å². The summed E-state index contributed by atoms with van der Waals surface area (Å²) >= 11 is 1.74. The monoisotopic (exact) mass is 296 g/mol. The number of nitrogen functional groups attached to an aromatic ring is 1. The SMILES string of the molecule is Nc1ccc2c(N(Cc3ccsc3)C3CC3)ncnc2c1. The molecule has 106 valence electrons. The maximum Gasteiger partial charge on any atom is 0.140 e. The summed E-state index contributed by atoms with van der Waals surface area (Å²) in [6.07, 6.45) is 4.12. The van der Waals surface area contributed by atoms with Crippen molar-refractivity contribution in [2.45, 2.75) is 25.4 Å². The van der Waals surface area contributed by atoms with Gasteiger partial charge in [0.2, 0.25) is 0 Å². The average Bonchev–Trinajstić information content (AvgIpc) is 3.21. The highest BCUT2D eigenvalue weighted by Crippen LogP contribution is 2.35. The highest BCUT2D eigenvalue weighted by molar-refractivity contribution is 7.07. The topological polar surface area (TPSA) is 55.0 Å². The predicted octanol–water partition coefficient (Wildman–Crippen LogP) is 3.44. The summed E-state index contributed by atoms with van der Waals surface area (Å²) in [5.41, 5.74) is 8.85. The van der Waals surface area contributed by atoms with Crippen LogP contribution < -0.4 is 10.6 Å².